The average molecular weight is 313 g/mol. The fourth-order valence-corrected chi connectivity index (χ4v) is 2.26. The van der Waals surface area contributed by atoms with Crippen molar-refractivity contribution < 1.29 is 4.79 Å². The summed E-state index contributed by atoms with van der Waals surface area (Å²) in [6, 6.07) is 14.9. The fraction of sp³-hybridized carbons (Fsp3) is 0.0625. The summed E-state index contributed by atoms with van der Waals surface area (Å²) in [5.74, 6) is -0.230. The summed E-state index contributed by atoms with van der Waals surface area (Å²) < 4.78 is 1.77. The maximum atomic E-state index is 11.9. The number of hydrogen-bond acceptors (Lipinski definition) is 3. The molecule has 0 bridgehead atoms. The van der Waals surface area contributed by atoms with Crippen molar-refractivity contribution in [2.45, 2.75) is 6.54 Å². The van der Waals surface area contributed by atoms with Gasteiger partial charge in [-0.3, -0.25) is 4.79 Å². The highest BCUT2D eigenvalue weighted by molar-refractivity contribution is 6.33. The van der Waals surface area contributed by atoms with Crippen LogP contribution >= 0.6 is 11.6 Å². The highest BCUT2D eigenvalue weighted by Crippen LogP contribution is 2.12. The Kier molecular flexibility index (Phi) is 4.16. The predicted octanol–water partition coefficient (Wildman–Crippen LogP) is 2.84. The van der Waals surface area contributed by atoms with E-state index in [1.807, 2.05) is 42.5 Å². The van der Waals surface area contributed by atoms with Gasteiger partial charge in [-0.1, -0.05) is 41.9 Å². The Morgan fingerprint density at radius 1 is 1.23 bits per heavy atom. The molecule has 110 valence electrons. The minimum absolute atomic E-state index is 0.153. The highest BCUT2D eigenvalue weighted by Gasteiger charge is 2.05. The van der Waals surface area contributed by atoms with Crippen LogP contribution in [0.5, 0.6) is 0 Å². The first-order chi connectivity index (χ1) is 10.7. The number of fused-ring (bicyclic) bond motifs is 1. The smallest absolute Gasteiger partial charge is 0.260 e. The van der Waals surface area contributed by atoms with Gasteiger partial charge in [-0.2, -0.15) is 5.10 Å². The van der Waals surface area contributed by atoms with E-state index in [4.69, 9.17) is 11.6 Å². The van der Waals surface area contributed by atoms with Crippen molar-refractivity contribution in [3.63, 3.8) is 0 Å². The van der Waals surface area contributed by atoms with Gasteiger partial charge in [0.25, 0.3) is 5.91 Å². The normalized spacial score (nSPS) is 11.1. The largest absolute Gasteiger partial charge is 0.321 e. The Balaban J connectivity index is 1.65. The number of hydrazone groups is 1. The molecule has 3 aromatic rings. The summed E-state index contributed by atoms with van der Waals surface area (Å²) in [7, 11) is 0. The molecule has 1 N–H and O–H groups in total. The molecule has 0 aliphatic heterocycles. The zero-order valence-corrected chi connectivity index (χ0v) is 12.4. The second-order valence-electron chi connectivity index (χ2n) is 4.68. The number of aromatic nitrogens is 2. The van der Waals surface area contributed by atoms with Crippen molar-refractivity contribution in [3.05, 3.63) is 65.4 Å². The van der Waals surface area contributed by atoms with Crippen LogP contribution < -0.4 is 5.43 Å². The highest BCUT2D eigenvalue weighted by atomic mass is 35.5. The fourth-order valence-electron chi connectivity index (χ4n) is 2.08. The van der Waals surface area contributed by atoms with E-state index in [0.29, 0.717) is 5.02 Å². The summed E-state index contributed by atoms with van der Waals surface area (Å²) in [6.07, 6.45) is 3.16. The van der Waals surface area contributed by atoms with E-state index in [-0.39, 0.29) is 12.5 Å². The molecule has 0 radical (unpaired) electrons. The Bertz CT molecular complexity index is 841. The van der Waals surface area contributed by atoms with Gasteiger partial charge in [-0.15, -0.1) is 0 Å². The SMILES string of the molecule is O=C(Cn1cnc2ccccc21)NN=Cc1ccccc1Cl. The molecule has 0 saturated heterocycles. The number of rotatable bonds is 4. The van der Waals surface area contributed by atoms with Crippen LogP contribution in [0, 0.1) is 0 Å². The molecule has 0 fully saturated rings. The van der Waals surface area contributed by atoms with Gasteiger partial charge < -0.3 is 4.57 Å². The molecule has 3 rings (SSSR count). The van der Waals surface area contributed by atoms with Gasteiger partial charge in [0.1, 0.15) is 6.54 Å². The summed E-state index contributed by atoms with van der Waals surface area (Å²) >= 11 is 6.00. The van der Waals surface area contributed by atoms with Crippen LogP contribution in [-0.4, -0.2) is 21.7 Å². The molecule has 22 heavy (non-hydrogen) atoms. The Hall–Kier alpha value is -2.66. The number of amides is 1. The second-order valence-corrected chi connectivity index (χ2v) is 5.08. The van der Waals surface area contributed by atoms with E-state index in [9.17, 15) is 4.79 Å². The van der Waals surface area contributed by atoms with Gasteiger partial charge in [0, 0.05) is 10.6 Å². The van der Waals surface area contributed by atoms with Gasteiger partial charge in [0.05, 0.1) is 23.6 Å². The minimum Gasteiger partial charge on any atom is -0.321 e. The molecule has 2 aromatic carbocycles. The lowest BCUT2D eigenvalue weighted by Gasteiger charge is -2.03. The second kappa shape index (κ2) is 6.41. The Morgan fingerprint density at radius 2 is 2.00 bits per heavy atom. The maximum Gasteiger partial charge on any atom is 0.260 e. The van der Waals surface area contributed by atoms with E-state index in [2.05, 4.69) is 15.5 Å². The molecule has 0 saturated carbocycles. The van der Waals surface area contributed by atoms with Crippen molar-refractivity contribution in [2.75, 3.05) is 0 Å². The number of para-hydroxylation sites is 2. The topological polar surface area (TPSA) is 59.3 Å². The van der Waals surface area contributed by atoms with Crippen molar-refractivity contribution in [3.8, 4) is 0 Å². The van der Waals surface area contributed by atoms with Gasteiger partial charge >= 0.3 is 0 Å². The number of nitrogens with one attached hydrogen (secondary N) is 1. The monoisotopic (exact) mass is 312 g/mol. The van der Waals surface area contributed by atoms with E-state index in [1.165, 1.54) is 6.21 Å². The van der Waals surface area contributed by atoms with Gasteiger partial charge in [-0.25, -0.2) is 10.4 Å². The van der Waals surface area contributed by atoms with Crippen LogP contribution in [0.2, 0.25) is 5.02 Å². The maximum absolute atomic E-state index is 11.9. The lowest BCUT2D eigenvalue weighted by atomic mass is 10.2. The molecule has 1 amide bonds. The third-order valence-corrected chi connectivity index (χ3v) is 3.48. The number of halogens is 1. The number of carbonyl (C=O) groups is 1. The third kappa shape index (κ3) is 3.15. The first-order valence-corrected chi connectivity index (χ1v) is 7.08. The van der Waals surface area contributed by atoms with Crippen LogP contribution in [-0.2, 0) is 11.3 Å². The summed E-state index contributed by atoms with van der Waals surface area (Å²) in [4.78, 5) is 16.2. The van der Waals surface area contributed by atoms with Crippen molar-refractivity contribution >= 4 is 34.8 Å². The lowest BCUT2D eigenvalue weighted by Crippen LogP contribution is -2.22. The molecular weight excluding hydrogens is 300 g/mol. The molecule has 0 aliphatic carbocycles. The summed E-state index contributed by atoms with van der Waals surface area (Å²) in [5, 5.41) is 4.50. The number of benzene rings is 2. The summed E-state index contributed by atoms with van der Waals surface area (Å²) in [6.45, 7) is 0.153. The van der Waals surface area contributed by atoms with Crippen molar-refractivity contribution in [1.82, 2.24) is 15.0 Å². The van der Waals surface area contributed by atoms with Gasteiger partial charge in [0.2, 0.25) is 0 Å². The number of carbonyl (C=O) groups excluding carboxylic acids is 1. The molecule has 0 aliphatic rings. The third-order valence-electron chi connectivity index (χ3n) is 3.14. The Labute approximate surface area is 132 Å². The first kappa shape index (κ1) is 14.3. The standard InChI is InChI=1S/C16H13ClN4O/c17-13-6-2-1-5-12(13)9-19-20-16(22)10-21-11-18-14-7-3-4-8-15(14)21/h1-9,11H,10H2,(H,20,22). The average Bonchev–Trinajstić information content (AvgIpc) is 2.92. The summed E-state index contributed by atoms with van der Waals surface area (Å²) in [5.41, 5.74) is 5.00. The molecule has 1 heterocycles. The van der Waals surface area contributed by atoms with Crippen LogP contribution in [0.15, 0.2) is 60.0 Å². The molecule has 0 atom stereocenters. The number of nitrogens with zero attached hydrogens (tertiary/aromatic N) is 3. The predicted molar refractivity (Wildman–Crippen MR) is 86.9 cm³/mol. The van der Waals surface area contributed by atoms with Crippen LogP contribution in [0.25, 0.3) is 11.0 Å². The van der Waals surface area contributed by atoms with E-state index in [0.717, 1.165) is 16.6 Å². The van der Waals surface area contributed by atoms with Crippen molar-refractivity contribution in [1.29, 1.82) is 0 Å². The molecule has 5 nitrogen and oxygen atoms in total. The van der Waals surface area contributed by atoms with Gasteiger partial charge in [-0.05, 0) is 18.2 Å². The zero-order valence-electron chi connectivity index (χ0n) is 11.6. The minimum atomic E-state index is -0.230. The Morgan fingerprint density at radius 3 is 2.86 bits per heavy atom. The molecular formula is C16H13ClN4O. The lowest BCUT2D eigenvalue weighted by molar-refractivity contribution is -0.121. The molecule has 0 spiro atoms. The van der Waals surface area contributed by atoms with Crippen LogP contribution in [0.3, 0.4) is 0 Å². The molecule has 0 unspecified atom stereocenters. The zero-order chi connectivity index (χ0) is 15.4. The van der Waals surface area contributed by atoms with E-state index < -0.39 is 0 Å². The van der Waals surface area contributed by atoms with Crippen LogP contribution in [0.1, 0.15) is 5.56 Å². The number of hydrogen-bond donors (Lipinski definition) is 1. The molecule has 6 heteroatoms. The molecule has 1 aromatic heterocycles. The van der Waals surface area contributed by atoms with Crippen LogP contribution in [0.4, 0.5) is 0 Å². The van der Waals surface area contributed by atoms with E-state index in [1.54, 1.807) is 17.0 Å². The first-order valence-electron chi connectivity index (χ1n) is 6.70. The number of imidazole rings is 1. The quantitative estimate of drug-likeness (QED) is 0.595. The van der Waals surface area contributed by atoms with Crippen molar-refractivity contribution in [2.24, 2.45) is 5.10 Å². The van der Waals surface area contributed by atoms with E-state index >= 15 is 0 Å². The van der Waals surface area contributed by atoms with Gasteiger partial charge in [0.15, 0.2) is 0 Å².